The summed E-state index contributed by atoms with van der Waals surface area (Å²) in [5.41, 5.74) is 0. The molecule has 0 heterocycles. The molecule has 0 radical (unpaired) electrons. The van der Waals surface area contributed by atoms with Gasteiger partial charge in [-0.3, -0.25) is 0 Å². The topological polar surface area (TPSA) is 18.5 Å². The van der Waals surface area contributed by atoms with Crippen LogP contribution in [0.1, 0.15) is 58.8 Å². The Morgan fingerprint density at radius 1 is 1.12 bits per heavy atom. The third kappa shape index (κ3) is 3.46. The summed E-state index contributed by atoms with van der Waals surface area (Å²) in [6, 6.07) is 0. The lowest BCUT2D eigenvalue weighted by atomic mass is 9.78. The summed E-state index contributed by atoms with van der Waals surface area (Å²) in [5, 5.41) is 0. The fourth-order valence-electron chi connectivity index (χ4n) is 3.04. The molecule has 0 aromatic carbocycles. The zero-order valence-corrected chi connectivity index (χ0v) is 11.4. The molecule has 96 valence electrons. The van der Waals surface area contributed by atoms with Crippen LogP contribution in [0.25, 0.3) is 0 Å². The van der Waals surface area contributed by atoms with Gasteiger partial charge in [0.1, 0.15) is 0 Å². The molecule has 0 amide bonds. The molecule has 1 aliphatic rings. The minimum Gasteiger partial charge on any atom is -0.353 e. The molecule has 0 saturated heterocycles. The molecule has 0 bridgehead atoms. The molecule has 16 heavy (non-hydrogen) atoms. The van der Waals surface area contributed by atoms with Gasteiger partial charge in [0.2, 0.25) is 0 Å². The molecule has 2 nitrogen and oxygen atoms in total. The van der Waals surface area contributed by atoms with Gasteiger partial charge >= 0.3 is 0 Å². The second kappa shape index (κ2) is 6.61. The second-order valence-electron chi connectivity index (χ2n) is 5.25. The molecule has 0 aliphatic heterocycles. The van der Waals surface area contributed by atoms with E-state index in [2.05, 4.69) is 13.8 Å². The SMILES string of the molecule is CCC(CC(C)C1CCCCC1)(OC)OC. The molecule has 0 aromatic heterocycles. The first-order valence-electron chi connectivity index (χ1n) is 6.77. The van der Waals surface area contributed by atoms with E-state index in [0.717, 1.165) is 18.8 Å². The van der Waals surface area contributed by atoms with Gasteiger partial charge in [-0.15, -0.1) is 0 Å². The van der Waals surface area contributed by atoms with Crippen LogP contribution in [0.2, 0.25) is 0 Å². The monoisotopic (exact) mass is 228 g/mol. The predicted octanol–water partition coefficient (Wildman–Crippen LogP) is 3.99. The van der Waals surface area contributed by atoms with Crippen LogP contribution < -0.4 is 0 Å². The van der Waals surface area contributed by atoms with Crippen molar-refractivity contribution in [2.75, 3.05) is 14.2 Å². The Labute approximate surface area is 101 Å². The van der Waals surface area contributed by atoms with Crippen molar-refractivity contribution in [1.82, 2.24) is 0 Å². The van der Waals surface area contributed by atoms with E-state index in [-0.39, 0.29) is 5.79 Å². The van der Waals surface area contributed by atoms with Crippen LogP contribution in [0, 0.1) is 11.8 Å². The van der Waals surface area contributed by atoms with Gasteiger partial charge in [0.25, 0.3) is 0 Å². The second-order valence-corrected chi connectivity index (χ2v) is 5.25. The Bertz CT molecular complexity index is 173. The number of hydrogen-bond donors (Lipinski definition) is 0. The Morgan fingerprint density at radius 3 is 2.12 bits per heavy atom. The van der Waals surface area contributed by atoms with Crippen LogP contribution in [0.4, 0.5) is 0 Å². The van der Waals surface area contributed by atoms with Crippen molar-refractivity contribution < 1.29 is 9.47 Å². The zero-order chi connectivity index (χ0) is 12.0. The van der Waals surface area contributed by atoms with E-state index in [0.29, 0.717) is 5.92 Å². The minimum absolute atomic E-state index is 0.350. The molecule has 1 saturated carbocycles. The van der Waals surface area contributed by atoms with Crippen molar-refractivity contribution >= 4 is 0 Å². The van der Waals surface area contributed by atoms with Gasteiger partial charge in [0.15, 0.2) is 5.79 Å². The lowest BCUT2D eigenvalue weighted by molar-refractivity contribution is -0.220. The Balaban J connectivity index is 2.49. The summed E-state index contributed by atoms with van der Waals surface area (Å²) in [7, 11) is 3.53. The van der Waals surface area contributed by atoms with E-state index in [4.69, 9.17) is 9.47 Å². The summed E-state index contributed by atoms with van der Waals surface area (Å²) < 4.78 is 11.2. The maximum atomic E-state index is 5.58. The summed E-state index contributed by atoms with van der Waals surface area (Å²) in [5.74, 6) is 1.24. The molecule has 1 rings (SSSR count). The van der Waals surface area contributed by atoms with E-state index in [1.165, 1.54) is 32.1 Å². The zero-order valence-electron chi connectivity index (χ0n) is 11.4. The van der Waals surface area contributed by atoms with Crippen molar-refractivity contribution in [3.63, 3.8) is 0 Å². The van der Waals surface area contributed by atoms with Gasteiger partial charge in [-0.2, -0.15) is 0 Å². The molecule has 0 N–H and O–H groups in total. The van der Waals surface area contributed by atoms with Crippen molar-refractivity contribution in [2.24, 2.45) is 11.8 Å². The highest BCUT2D eigenvalue weighted by Crippen LogP contribution is 2.36. The highest BCUT2D eigenvalue weighted by Gasteiger charge is 2.32. The van der Waals surface area contributed by atoms with Crippen molar-refractivity contribution in [3.05, 3.63) is 0 Å². The average molecular weight is 228 g/mol. The maximum absolute atomic E-state index is 5.58. The summed E-state index contributed by atoms with van der Waals surface area (Å²) >= 11 is 0. The van der Waals surface area contributed by atoms with Gasteiger partial charge < -0.3 is 9.47 Å². The number of ether oxygens (including phenoxy) is 2. The predicted molar refractivity (Wildman–Crippen MR) is 67.4 cm³/mol. The quantitative estimate of drug-likeness (QED) is 0.640. The molecule has 0 aromatic rings. The summed E-state index contributed by atoms with van der Waals surface area (Å²) in [6.45, 7) is 4.50. The van der Waals surface area contributed by atoms with Gasteiger partial charge in [0.05, 0.1) is 0 Å². The Hall–Kier alpha value is -0.0800. The fraction of sp³-hybridized carbons (Fsp3) is 1.00. The van der Waals surface area contributed by atoms with Crippen LogP contribution in [0.5, 0.6) is 0 Å². The van der Waals surface area contributed by atoms with Gasteiger partial charge in [0, 0.05) is 20.6 Å². The molecule has 1 atom stereocenters. The third-order valence-electron chi connectivity index (χ3n) is 4.37. The van der Waals surface area contributed by atoms with Crippen LogP contribution >= 0.6 is 0 Å². The number of hydrogen-bond acceptors (Lipinski definition) is 2. The van der Waals surface area contributed by atoms with Crippen LogP contribution in [-0.4, -0.2) is 20.0 Å². The largest absolute Gasteiger partial charge is 0.353 e. The van der Waals surface area contributed by atoms with E-state index < -0.39 is 0 Å². The van der Waals surface area contributed by atoms with E-state index in [9.17, 15) is 0 Å². The van der Waals surface area contributed by atoms with Gasteiger partial charge in [-0.1, -0.05) is 46.0 Å². The smallest absolute Gasteiger partial charge is 0.167 e. The average Bonchev–Trinajstić information content (AvgIpc) is 2.37. The molecule has 1 unspecified atom stereocenters. The molecular formula is C14H28O2. The maximum Gasteiger partial charge on any atom is 0.167 e. The van der Waals surface area contributed by atoms with Crippen LogP contribution in [0.15, 0.2) is 0 Å². The first kappa shape index (κ1) is 14.0. The molecule has 1 aliphatic carbocycles. The Morgan fingerprint density at radius 2 is 1.69 bits per heavy atom. The van der Waals surface area contributed by atoms with Crippen molar-refractivity contribution in [2.45, 2.75) is 64.6 Å². The third-order valence-corrected chi connectivity index (χ3v) is 4.37. The summed E-state index contributed by atoms with van der Waals surface area (Å²) in [6.07, 6.45) is 9.00. The van der Waals surface area contributed by atoms with E-state index in [1.54, 1.807) is 14.2 Å². The highest BCUT2D eigenvalue weighted by molar-refractivity contribution is 4.77. The molecule has 1 fully saturated rings. The van der Waals surface area contributed by atoms with E-state index >= 15 is 0 Å². The number of methoxy groups -OCH3 is 2. The first-order chi connectivity index (χ1) is 7.67. The fourth-order valence-corrected chi connectivity index (χ4v) is 3.04. The van der Waals surface area contributed by atoms with E-state index in [1.807, 2.05) is 0 Å². The molecular weight excluding hydrogens is 200 g/mol. The first-order valence-corrected chi connectivity index (χ1v) is 6.77. The van der Waals surface area contributed by atoms with Gasteiger partial charge in [-0.25, -0.2) is 0 Å². The highest BCUT2D eigenvalue weighted by atomic mass is 16.7. The van der Waals surface area contributed by atoms with Gasteiger partial charge in [-0.05, 0) is 18.3 Å². The molecule has 2 heteroatoms. The van der Waals surface area contributed by atoms with Crippen molar-refractivity contribution in [1.29, 1.82) is 0 Å². The normalized spacial score (nSPS) is 21.0. The summed E-state index contributed by atoms with van der Waals surface area (Å²) in [4.78, 5) is 0. The lowest BCUT2D eigenvalue weighted by Gasteiger charge is -2.36. The van der Waals surface area contributed by atoms with Crippen molar-refractivity contribution in [3.8, 4) is 0 Å². The number of rotatable bonds is 6. The van der Waals surface area contributed by atoms with Crippen LogP contribution in [-0.2, 0) is 9.47 Å². The standard InChI is InChI=1S/C14H28O2/c1-5-14(15-3,16-4)11-12(2)13-9-7-6-8-10-13/h12-13H,5-11H2,1-4H3. The lowest BCUT2D eigenvalue weighted by Crippen LogP contribution is -2.36. The molecule has 0 spiro atoms. The van der Waals surface area contributed by atoms with Crippen LogP contribution in [0.3, 0.4) is 0 Å². The Kier molecular flexibility index (Phi) is 5.77. The minimum atomic E-state index is -0.350.